The maximum Gasteiger partial charge on any atom is 0.146 e. The third kappa shape index (κ3) is 3.02. The van der Waals surface area contributed by atoms with Gasteiger partial charge in [-0.2, -0.15) is 0 Å². The van der Waals surface area contributed by atoms with Gasteiger partial charge in [0.05, 0.1) is 12.2 Å². The van der Waals surface area contributed by atoms with Crippen LogP contribution in [0.3, 0.4) is 0 Å². The van der Waals surface area contributed by atoms with Gasteiger partial charge in [0.15, 0.2) is 0 Å². The van der Waals surface area contributed by atoms with E-state index in [0.717, 1.165) is 31.5 Å². The Morgan fingerprint density at radius 2 is 2.17 bits per heavy atom. The molecule has 0 unspecified atom stereocenters. The zero-order valence-corrected chi connectivity index (χ0v) is 10.7. The predicted octanol–water partition coefficient (Wildman–Crippen LogP) is 2.64. The highest BCUT2D eigenvalue weighted by molar-refractivity contribution is 5.52. The van der Waals surface area contributed by atoms with E-state index in [1.54, 1.807) is 6.07 Å². The lowest BCUT2D eigenvalue weighted by molar-refractivity contribution is 0.243. The topological polar surface area (TPSA) is 15.3 Å². The highest BCUT2D eigenvalue weighted by Gasteiger charge is 2.19. The molecule has 3 heteroatoms. The van der Waals surface area contributed by atoms with Crippen LogP contribution in [0.2, 0.25) is 0 Å². The zero-order valence-electron chi connectivity index (χ0n) is 10.7. The number of nitrogens with one attached hydrogen (secondary N) is 1. The Labute approximate surface area is 108 Å². The summed E-state index contributed by atoms with van der Waals surface area (Å²) in [5.74, 6) is 2.50. The molecule has 0 spiro atoms. The van der Waals surface area contributed by atoms with Crippen LogP contribution in [0.4, 0.5) is 10.1 Å². The summed E-state index contributed by atoms with van der Waals surface area (Å²) in [5, 5.41) is 3.33. The lowest BCUT2D eigenvalue weighted by Gasteiger charge is -2.32. The van der Waals surface area contributed by atoms with Gasteiger partial charge < -0.3 is 5.32 Å². The van der Waals surface area contributed by atoms with Gasteiger partial charge in [0, 0.05) is 19.1 Å². The Morgan fingerprint density at radius 1 is 1.44 bits per heavy atom. The monoisotopic (exact) mass is 246 g/mol. The van der Waals surface area contributed by atoms with Gasteiger partial charge in [-0.15, -0.1) is 6.42 Å². The molecule has 1 N–H and O–H groups in total. The number of hydrogen-bond acceptors (Lipinski definition) is 2. The number of para-hydroxylation sites is 1. The quantitative estimate of drug-likeness (QED) is 0.825. The van der Waals surface area contributed by atoms with Crippen molar-refractivity contribution < 1.29 is 4.39 Å². The minimum absolute atomic E-state index is 0.166. The Bertz CT molecular complexity index is 422. The normalized spacial score (nSPS) is 17.4. The van der Waals surface area contributed by atoms with E-state index in [-0.39, 0.29) is 5.82 Å². The van der Waals surface area contributed by atoms with Crippen molar-refractivity contribution in [3.8, 4) is 12.3 Å². The summed E-state index contributed by atoms with van der Waals surface area (Å²) in [6, 6.07) is 5.52. The van der Waals surface area contributed by atoms with Crippen LogP contribution in [0.1, 0.15) is 18.4 Å². The number of rotatable bonds is 3. The summed E-state index contributed by atoms with van der Waals surface area (Å²) in [5.41, 5.74) is 1.61. The first-order chi connectivity index (χ1) is 8.70. The third-order valence-corrected chi connectivity index (χ3v) is 3.47. The first kappa shape index (κ1) is 12.9. The first-order valence-electron chi connectivity index (χ1n) is 6.38. The number of nitrogens with zero attached hydrogens (tertiary/aromatic N) is 1. The van der Waals surface area contributed by atoms with Crippen molar-refractivity contribution >= 4 is 5.69 Å². The van der Waals surface area contributed by atoms with Crippen molar-refractivity contribution in [1.82, 2.24) is 4.90 Å². The van der Waals surface area contributed by atoms with E-state index in [1.165, 1.54) is 6.07 Å². The average Bonchev–Trinajstić information content (AvgIpc) is 2.36. The molecule has 1 aliphatic heterocycles. The summed E-state index contributed by atoms with van der Waals surface area (Å²) in [6.07, 6.45) is 7.32. The number of hydrogen-bond donors (Lipinski definition) is 1. The lowest BCUT2D eigenvalue weighted by atomic mass is 10.0. The van der Waals surface area contributed by atoms with Crippen LogP contribution >= 0.6 is 0 Å². The van der Waals surface area contributed by atoms with Crippen molar-refractivity contribution in [2.45, 2.75) is 25.8 Å². The molecule has 1 aliphatic rings. The maximum absolute atomic E-state index is 13.7. The molecule has 2 nitrogen and oxygen atoms in total. The van der Waals surface area contributed by atoms with E-state index in [2.05, 4.69) is 16.1 Å². The second-order valence-electron chi connectivity index (χ2n) is 4.83. The van der Waals surface area contributed by atoms with Crippen molar-refractivity contribution in [1.29, 1.82) is 0 Å². The minimum atomic E-state index is -0.166. The second-order valence-corrected chi connectivity index (χ2v) is 4.83. The standard InChI is InChI=1S/C15H19FN2/c1-3-9-18-10-7-13(8-11-18)17-15-12(2)5-4-6-14(15)16/h1,4-6,13,17H,7-11H2,2H3. The predicted molar refractivity (Wildman–Crippen MR) is 73.1 cm³/mol. The first-order valence-corrected chi connectivity index (χ1v) is 6.38. The highest BCUT2D eigenvalue weighted by Crippen LogP contribution is 2.22. The fraction of sp³-hybridized carbons (Fsp3) is 0.467. The molecule has 1 aromatic rings. The smallest absolute Gasteiger partial charge is 0.146 e. The largest absolute Gasteiger partial charge is 0.380 e. The molecule has 96 valence electrons. The summed E-state index contributed by atoms with van der Waals surface area (Å²) < 4.78 is 13.7. The molecule has 1 aromatic carbocycles. The Hall–Kier alpha value is -1.53. The lowest BCUT2D eigenvalue weighted by Crippen LogP contribution is -2.39. The number of halogens is 1. The van der Waals surface area contributed by atoms with E-state index < -0.39 is 0 Å². The number of terminal acetylenes is 1. The van der Waals surface area contributed by atoms with Crippen molar-refractivity contribution in [2.24, 2.45) is 0 Å². The van der Waals surface area contributed by atoms with Gasteiger partial charge in [-0.25, -0.2) is 4.39 Å². The van der Waals surface area contributed by atoms with Crippen LogP contribution < -0.4 is 5.32 Å². The van der Waals surface area contributed by atoms with Gasteiger partial charge in [-0.05, 0) is 31.4 Å². The zero-order chi connectivity index (χ0) is 13.0. The molecule has 0 atom stereocenters. The number of anilines is 1. The fourth-order valence-corrected chi connectivity index (χ4v) is 2.38. The molecule has 0 aliphatic carbocycles. The van der Waals surface area contributed by atoms with Crippen molar-refractivity contribution in [2.75, 3.05) is 25.0 Å². The number of piperidine rings is 1. The van der Waals surface area contributed by atoms with E-state index in [9.17, 15) is 4.39 Å². The van der Waals surface area contributed by atoms with Crippen LogP contribution in [-0.4, -0.2) is 30.6 Å². The number of aryl methyl sites for hydroxylation is 1. The molecule has 2 rings (SSSR count). The van der Waals surface area contributed by atoms with Crippen molar-refractivity contribution in [3.05, 3.63) is 29.6 Å². The van der Waals surface area contributed by atoms with Crippen LogP contribution in [0.5, 0.6) is 0 Å². The molecule has 1 fully saturated rings. The van der Waals surface area contributed by atoms with E-state index in [1.807, 2.05) is 13.0 Å². The SMILES string of the molecule is C#CCN1CCC(Nc2c(C)cccc2F)CC1. The molecule has 0 amide bonds. The molecule has 1 saturated heterocycles. The molecule has 1 heterocycles. The van der Waals surface area contributed by atoms with Gasteiger partial charge in [0.2, 0.25) is 0 Å². The minimum Gasteiger partial charge on any atom is -0.380 e. The molecule has 0 radical (unpaired) electrons. The van der Waals surface area contributed by atoms with Crippen LogP contribution in [0, 0.1) is 25.1 Å². The second kappa shape index (κ2) is 5.88. The number of likely N-dealkylation sites (tertiary alicyclic amines) is 1. The molecular formula is C15H19FN2. The summed E-state index contributed by atoms with van der Waals surface area (Å²) in [6.45, 7) is 4.61. The van der Waals surface area contributed by atoms with E-state index >= 15 is 0 Å². The molecule has 0 aromatic heterocycles. The van der Waals surface area contributed by atoms with Gasteiger partial charge in [-0.1, -0.05) is 18.1 Å². The molecule has 18 heavy (non-hydrogen) atoms. The van der Waals surface area contributed by atoms with Gasteiger partial charge >= 0.3 is 0 Å². The molecule has 0 saturated carbocycles. The van der Waals surface area contributed by atoms with Crippen LogP contribution in [0.25, 0.3) is 0 Å². The Balaban J connectivity index is 1.94. The van der Waals surface area contributed by atoms with Crippen molar-refractivity contribution in [3.63, 3.8) is 0 Å². The summed E-state index contributed by atoms with van der Waals surface area (Å²) in [4.78, 5) is 2.26. The third-order valence-electron chi connectivity index (χ3n) is 3.47. The number of benzene rings is 1. The highest BCUT2D eigenvalue weighted by atomic mass is 19.1. The molecule has 0 bridgehead atoms. The van der Waals surface area contributed by atoms with Gasteiger partial charge in [0.1, 0.15) is 5.82 Å². The summed E-state index contributed by atoms with van der Waals surface area (Å²) in [7, 11) is 0. The van der Waals surface area contributed by atoms with Crippen LogP contribution in [0.15, 0.2) is 18.2 Å². The van der Waals surface area contributed by atoms with Gasteiger partial charge in [0.25, 0.3) is 0 Å². The average molecular weight is 246 g/mol. The van der Waals surface area contributed by atoms with E-state index in [0.29, 0.717) is 18.3 Å². The maximum atomic E-state index is 13.7. The van der Waals surface area contributed by atoms with Crippen LogP contribution in [-0.2, 0) is 0 Å². The fourth-order valence-electron chi connectivity index (χ4n) is 2.38. The Morgan fingerprint density at radius 3 is 2.78 bits per heavy atom. The Kier molecular flexibility index (Phi) is 4.22. The van der Waals surface area contributed by atoms with E-state index in [4.69, 9.17) is 6.42 Å². The van der Waals surface area contributed by atoms with Gasteiger partial charge in [-0.3, -0.25) is 4.90 Å². The molecular weight excluding hydrogens is 227 g/mol. The summed E-state index contributed by atoms with van der Waals surface area (Å²) >= 11 is 0.